The van der Waals surface area contributed by atoms with Crippen LogP contribution in [0.5, 0.6) is 0 Å². The maximum atomic E-state index is 13.4. The van der Waals surface area contributed by atoms with Crippen LogP contribution < -0.4 is 4.90 Å². The standard InChI is InChI=1S/C21H16BrN3OS/c1-14-8-9-18-19(11-14)27-21(24-18)25(13-15-5-4-10-23-12-15)20(26)16-6-2-3-7-17(16)22/h2-12H,13H2,1H3. The zero-order chi connectivity index (χ0) is 18.8. The number of halogens is 1. The summed E-state index contributed by atoms with van der Waals surface area (Å²) in [6.07, 6.45) is 3.50. The first-order valence-corrected chi connectivity index (χ1v) is 10.1. The topological polar surface area (TPSA) is 46.1 Å². The summed E-state index contributed by atoms with van der Waals surface area (Å²) in [5.74, 6) is -0.0953. The highest BCUT2D eigenvalue weighted by Gasteiger charge is 2.23. The summed E-state index contributed by atoms with van der Waals surface area (Å²) < 4.78 is 1.84. The maximum Gasteiger partial charge on any atom is 0.261 e. The number of anilines is 1. The van der Waals surface area contributed by atoms with Gasteiger partial charge < -0.3 is 0 Å². The van der Waals surface area contributed by atoms with Gasteiger partial charge in [-0.2, -0.15) is 0 Å². The van der Waals surface area contributed by atoms with Gasteiger partial charge in [0.25, 0.3) is 5.91 Å². The fourth-order valence-corrected chi connectivity index (χ4v) is 4.33. The summed E-state index contributed by atoms with van der Waals surface area (Å²) in [5, 5.41) is 0.681. The van der Waals surface area contributed by atoms with Crippen LogP contribution in [0, 0.1) is 6.92 Å². The molecule has 0 fully saturated rings. The molecule has 0 saturated heterocycles. The van der Waals surface area contributed by atoms with E-state index < -0.39 is 0 Å². The molecule has 1 amide bonds. The molecule has 27 heavy (non-hydrogen) atoms. The van der Waals surface area contributed by atoms with E-state index in [1.807, 2.05) is 48.5 Å². The van der Waals surface area contributed by atoms with Crippen molar-refractivity contribution in [2.75, 3.05) is 4.90 Å². The second kappa shape index (κ2) is 7.58. The summed E-state index contributed by atoms with van der Waals surface area (Å²) in [7, 11) is 0. The van der Waals surface area contributed by atoms with Gasteiger partial charge in [-0.05, 0) is 64.3 Å². The van der Waals surface area contributed by atoms with E-state index in [4.69, 9.17) is 4.98 Å². The molecule has 2 heterocycles. The summed E-state index contributed by atoms with van der Waals surface area (Å²) in [5.41, 5.74) is 3.63. The van der Waals surface area contributed by atoms with Crippen LogP contribution in [0.3, 0.4) is 0 Å². The second-order valence-corrected chi connectivity index (χ2v) is 8.06. The first-order chi connectivity index (χ1) is 13.1. The number of thiazole rings is 1. The van der Waals surface area contributed by atoms with Gasteiger partial charge in [0.15, 0.2) is 5.13 Å². The van der Waals surface area contributed by atoms with Crippen LogP contribution in [0.15, 0.2) is 71.5 Å². The van der Waals surface area contributed by atoms with E-state index in [9.17, 15) is 4.79 Å². The summed E-state index contributed by atoms with van der Waals surface area (Å²) >= 11 is 5.02. The Hall–Kier alpha value is -2.57. The van der Waals surface area contributed by atoms with Gasteiger partial charge in [0.05, 0.1) is 22.3 Å². The van der Waals surface area contributed by atoms with Gasteiger partial charge in [0.2, 0.25) is 0 Å². The van der Waals surface area contributed by atoms with Gasteiger partial charge in [0, 0.05) is 16.9 Å². The molecular formula is C21H16BrN3OS. The molecule has 2 aromatic carbocycles. The molecular weight excluding hydrogens is 422 g/mol. The lowest BCUT2D eigenvalue weighted by molar-refractivity contribution is 0.0984. The number of carbonyl (C=O) groups excluding carboxylic acids is 1. The second-order valence-electron chi connectivity index (χ2n) is 6.20. The van der Waals surface area contributed by atoms with E-state index in [0.29, 0.717) is 17.2 Å². The smallest absolute Gasteiger partial charge is 0.261 e. The third-order valence-corrected chi connectivity index (χ3v) is 5.91. The van der Waals surface area contributed by atoms with Gasteiger partial charge in [-0.15, -0.1) is 0 Å². The minimum atomic E-state index is -0.0953. The van der Waals surface area contributed by atoms with E-state index in [0.717, 1.165) is 20.3 Å². The van der Waals surface area contributed by atoms with Crippen LogP contribution in [0.25, 0.3) is 10.2 Å². The molecule has 0 aliphatic carbocycles. The molecule has 0 bridgehead atoms. The molecule has 0 saturated carbocycles. The lowest BCUT2D eigenvalue weighted by Gasteiger charge is -2.20. The predicted molar refractivity (Wildman–Crippen MR) is 113 cm³/mol. The normalized spacial score (nSPS) is 10.9. The molecule has 0 aliphatic heterocycles. The zero-order valence-electron chi connectivity index (χ0n) is 14.6. The van der Waals surface area contributed by atoms with Gasteiger partial charge in [-0.3, -0.25) is 14.7 Å². The molecule has 0 atom stereocenters. The van der Waals surface area contributed by atoms with E-state index in [2.05, 4.69) is 33.9 Å². The molecule has 0 radical (unpaired) electrons. The molecule has 0 aliphatic rings. The maximum absolute atomic E-state index is 13.4. The molecule has 0 spiro atoms. The monoisotopic (exact) mass is 437 g/mol. The highest BCUT2D eigenvalue weighted by atomic mass is 79.9. The van der Waals surface area contributed by atoms with Crippen molar-refractivity contribution in [3.8, 4) is 0 Å². The Kier molecular flexibility index (Phi) is 5.01. The fraction of sp³-hybridized carbons (Fsp3) is 0.0952. The molecule has 6 heteroatoms. The van der Waals surface area contributed by atoms with Crippen LogP contribution in [-0.4, -0.2) is 15.9 Å². The zero-order valence-corrected chi connectivity index (χ0v) is 17.0. The van der Waals surface area contributed by atoms with Gasteiger partial charge in [-0.1, -0.05) is 35.6 Å². The molecule has 4 aromatic rings. The number of hydrogen-bond donors (Lipinski definition) is 0. The highest BCUT2D eigenvalue weighted by Crippen LogP contribution is 2.32. The number of fused-ring (bicyclic) bond motifs is 1. The molecule has 4 nitrogen and oxygen atoms in total. The Bertz CT molecular complexity index is 1110. The SMILES string of the molecule is Cc1ccc2nc(N(Cc3cccnc3)C(=O)c3ccccc3Br)sc2c1. The average molecular weight is 438 g/mol. The Labute approximate surface area is 169 Å². The van der Waals surface area contributed by atoms with Crippen molar-refractivity contribution in [1.29, 1.82) is 0 Å². The van der Waals surface area contributed by atoms with Crippen molar-refractivity contribution in [3.63, 3.8) is 0 Å². The Morgan fingerprint density at radius 3 is 2.78 bits per heavy atom. The minimum absolute atomic E-state index is 0.0953. The molecule has 0 N–H and O–H groups in total. The molecule has 0 unspecified atom stereocenters. The summed E-state index contributed by atoms with van der Waals surface area (Å²) in [6, 6.07) is 17.4. The molecule has 4 rings (SSSR count). The van der Waals surface area contributed by atoms with Gasteiger partial charge >= 0.3 is 0 Å². The average Bonchev–Trinajstić information content (AvgIpc) is 3.09. The predicted octanol–water partition coefficient (Wildman–Crippen LogP) is 5.61. The van der Waals surface area contributed by atoms with Crippen molar-refractivity contribution in [1.82, 2.24) is 9.97 Å². The third kappa shape index (κ3) is 3.77. The number of carbonyl (C=O) groups is 1. The lowest BCUT2D eigenvalue weighted by Crippen LogP contribution is -2.30. The largest absolute Gasteiger partial charge is 0.279 e. The lowest BCUT2D eigenvalue weighted by atomic mass is 10.2. The number of pyridine rings is 1. The number of hydrogen-bond acceptors (Lipinski definition) is 4. The van der Waals surface area contributed by atoms with Crippen molar-refractivity contribution >= 4 is 48.5 Å². The first-order valence-electron chi connectivity index (χ1n) is 8.44. The van der Waals surface area contributed by atoms with Gasteiger partial charge in [-0.25, -0.2) is 4.98 Å². The van der Waals surface area contributed by atoms with E-state index in [-0.39, 0.29) is 5.91 Å². The van der Waals surface area contributed by atoms with Gasteiger partial charge in [0.1, 0.15) is 0 Å². The third-order valence-electron chi connectivity index (χ3n) is 4.18. The van der Waals surface area contributed by atoms with Crippen LogP contribution >= 0.6 is 27.3 Å². The minimum Gasteiger partial charge on any atom is -0.279 e. The van der Waals surface area contributed by atoms with Crippen LogP contribution in [0.4, 0.5) is 5.13 Å². The quantitative estimate of drug-likeness (QED) is 0.416. The first kappa shape index (κ1) is 17.8. The Morgan fingerprint density at radius 1 is 1.15 bits per heavy atom. The summed E-state index contributed by atoms with van der Waals surface area (Å²) in [4.78, 5) is 24.0. The van der Waals surface area contributed by atoms with Crippen molar-refractivity contribution in [2.45, 2.75) is 13.5 Å². The van der Waals surface area contributed by atoms with E-state index in [1.54, 1.807) is 17.3 Å². The van der Waals surface area contributed by atoms with E-state index in [1.165, 1.54) is 16.9 Å². The number of aromatic nitrogens is 2. The highest BCUT2D eigenvalue weighted by molar-refractivity contribution is 9.10. The number of rotatable bonds is 4. The van der Waals surface area contributed by atoms with Crippen LogP contribution in [0.1, 0.15) is 21.5 Å². The van der Waals surface area contributed by atoms with Crippen LogP contribution in [0.2, 0.25) is 0 Å². The van der Waals surface area contributed by atoms with Crippen molar-refractivity contribution in [3.05, 3.63) is 88.2 Å². The van der Waals surface area contributed by atoms with E-state index >= 15 is 0 Å². The number of aryl methyl sites for hydroxylation is 1. The number of nitrogens with zero attached hydrogens (tertiary/aromatic N) is 3. The van der Waals surface area contributed by atoms with Crippen LogP contribution in [-0.2, 0) is 6.54 Å². The fourth-order valence-electron chi connectivity index (χ4n) is 2.82. The Balaban J connectivity index is 1.79. The Morgan fingerprint density at radius 2 is 2.00 bits per heavy atom. The number of amides is 1. The van der Waals surface area contributed by atoms with Crippen molar-refractivity contribution in [2.24, 2.45) is 0 Å². The van der Waals surface area contributed by atoms with Crippen molar-refractivity contribution < 1.29 is 4.79 Å². The number of benzene rings is 2. The summed E-state index contributed by atoms with van der Waals surface area (Å²) in [6.45, 7) is 2.46. The molecule has 2 aromatic heterocycles. The molecule has 134 valence electrons.